The molecule has 5 nitrogen and oxygen atoms in total. The van der Waals surface area contributed by atoms with E-state index in [1.54, 1.807) is 11.8 Å². The predicted octanol–water partition coefficient (Wildman–Crippen LogP) is 2.67. The Kier molecular flexibility index (Phi) is 5.16. The molecule has 0 spiro atoms. The molecular formula is C14H15N3O2S. The second kappa shape index (κ2) is 7.08. The molecule has 20 heavy (non-hydrogen) atoms. The largest absolute Gasteiger partial charge is 0.392 e. The maximum absolute atomic E-state index is 9.52. The summed E-state index contributed by atoms with van der Waals surface area (Å²) in [5, 5.41) is 21.9. The average molecular weight is 289 g/mol. The third kappa shape index (κ3) is 3.83. The van der Waals surface area contributed by atoms with Crippen molar-refractivity contribution in [2.45, 2.75) is 30.8 Å². The van der Waals surface area contributed by atoms with Crippen LogP contribution in [0.2, 0.25) is 0 Å². The predicted molar refractivity (Wildman–Crippen MR) is 76.1 cm³/mol. The van der Waals surface area contributed by atoms with E-state index in [1.165, 1.54) is 4.90 Å². The summed E-state index contributed by atoms with van der Waals surface area (Å²) in [7, 11) is 0. The van der Waals surface area contributed by atoms with Crippen molar-refractivity contribution in [1.29, 1.82) is 5.26 Å². The first-order valence-electron chi connectivity index (χ1n) is 6.33. The lowest BCUT2D eigenvalue weighted by molar-refractivity contribution is 0.167. The molecule has 1 N–H and O–H groups in total. The van der Waals surface area contributed by atoms with Crippen LogP contribution in [0.25, 0.3) is 11.4 Å². The molecule has 0 saturated carbocycles. The highest BCUT2D eigenvalue weighted by molar-refractivity contribution is 7.99. The molecular weight excluding hydrogens is 274 g/mol. The number of nitriles is 1. The first-order chi connectivity index (χ1) is 9.72. The van der Waals surface area contributed by atoms with E-state index in [9.17, 15) is 5.11 Å². The maximum Gasteiger partial charge on any atom is 0.229 e. The van der Waals surface area contributed by atoms with Crippen molar-refractivity contribution < 1.29 is 9.63 Å². The molecule has 0 bridgehead atoms. The van der Waals surface area contributed by atoms with Gasteiger partial charge < -0.3 is 9.63 Å². The van der Waals surface area contributed by atoms with E-state index in [2.05, 4.69) is 17.1 Å². The number of aromatic nitrogens is 2. The zero-order chi connectivity index (χ0) is 14.4. The van der Waals surface area contributed by atoms with E-state index in [4.69, 9.17) is 9.78 Å². The van der Waals surface area contributed by atoms with Crippen LogP contribution in [0.4, 0.5) is 0 Å². The Bertz CT molecular complexity index is 589. The van der Waals surface area contributed by atoms with Crippen LogP contribution in [-0.2, 0) is 6.42 Å². The molecule has 2 aromatic rings. The Morgan fingerprint density at radius 3 is 2.80 bits per heavy atom. The summed E-state index contributed by atoms with van der Waals surface area (Å²) >= 11 is 1.77. The fourth-order valence-electron chi connectivity index (χ4n) is 1.70. The van der Waals surface area contributed by atoms with Crippen LogP contribution in [0, 0.1) is 11.3 Å². The van der Waals surface area contributed by atoms with Gasteiger partial charge in [0.15, 0.2) is 0 Å². The van der Waals surface area contributed by atoms with Gasteiger partial charge in [0, 0.05) is 10.5 Å². The summed E-state index contributed by atoms with van der Waals surface area (Å²) in [5.41, 5.74) is 0.871. The van der Waals surface area contributed by atoms with Crippen molar-refractivity contribution in [3.05, 3.63) is 30.2 Å². The summed E-state index contributed by atoms with van der Waals surface area (Å²) in [6, 6.07) is 9.82. The number of aliphatic hydroxyl groups excluding tert-OH is 1. The fourth-order valence-corrected chi connectivity index (χ4v) is 2.36. The Morgan fingerprint density at radius 2 is 2.15 bits per heavy atom. The van der Waals surface area contributed by atoms with Crippen molar-refractivity contribution in [3.8, 4) is 17.5 Å². The number of aliphatic hydroxyl groups is 1. The molecule has 1 heterocycles. The lowest BCUT2D eigenvalue weighted by atomic mass is 10.2. The van der Waals surface area contributed by atoms with Gasteiger partial charge >= 0.3 is 0 Å². The topological polar surface area (TPSA) is 82.9 Å². The Labute approximate surface area is 121 Å². The Balaban J connectivity index is 2.06. The highest BCUT2D eigenvalue weighted by atomic mass is 32.2. The van der Waals surface area contributed by atoms with Crippen LogP contribution in [0.5, 0.6) is 0 Å². The minimum Gasteiger partial charge on any atom is -0.392 e. The third-order valence-electron chi connectivity index (χ3n) is 2.63. The second-order valence-electron chi connectivity index (χ2n) is 4.19. The van der Waals surface area contributed by atoms with E-state index in [-0.39, 0.29) is 12.8 Å². The quantitative estimate of drug-likeness (QED) is 0.823. The first-order valence-corrected chi connectivity index (χ1v) is 7.32. The van der Waals surface area contributed by atoms with Crippen molar-refractivity contribution in [2.75, 3.05) is 5.75 Å². The zero-order valence-electron chi connectivity index (χ0n) is 11.1. The number of thioether (sulfide) groups is 1. The smallest absolute Gasteiger partial charge is 0.229 e. The van der Waals surface area contributed by atoms with Crippen LogP contribution in [0.15, 0.2) is 33.7 Å². The molecule has 0 radical (unpaired) electrons. The van der Waals surface area contributed by atoms with Gasteiger partial charge in [-0.15, -0.1) is 11.8 Å². The van der Waals surface area contributed by atoms with Gasteiger partial charge in [0.2, 0.25) is 11.7 Å². The molecule has 6 heteroatoms. The summed E-state index contributed by atoms with van der Waals surface area (Å²) in [4.78, 5) is 5.42. The molecule has 0 saturated heterocycles. The number of rotatable bonds is 6. The molecule has 1 unspecified atom stereocenters. The van der Waals surface area contributed by atoms with Gasteiger partial charge in [-0.05, 0) is 30.0 Å². The number of hydrogen-bond acceptors (Lipinski definition) is 6. The summed E-state index contributed by atoms with van der Waals surface area (Å²) < 4.78 is 5.08. The van der Waals surface area contributed by atoms with Gasteiger partial charge in [-0.1, -0.05) is 12.1 Å². The highest BCUT2D eigenvalue weighted by Gasteiger charge is 2.13. The monoisotopic (exact) mass is 289 g/mol. The lowest BCUT2D eigenvalue weighted by Crippen LogP contribution is -2.09. The van der Waals surface area contributed by atoms with Crippen molar-refractivity contribution in [2.24, 2.45) is 0 Å². The van der Waals surface area contributed by atoms with E-state index in [0.29, 0.717) is 11.7 Å². The molecule has 0 aliphatic rings. The average Bonchev–Trinajstić information content (AvgIpc) is 2.88. The van der Waals surface area contributed by atoms with Gasteiger partial charge in [-0.3, -0.25) is 0 Å². The third-order valence-corrected chi connectivity index (χ3v) is 3.52. The first kappa shape index (κ1) is 14.6. The van der Waals surface area contributed by atoms with Gasteiger partial charge in [0.25, 0.3) is 0 Å². The number of nitrogens with zero attached hydrogens (tertiary/aromatic N) is 3. The highest BCUT2D eigenvalue weighted by Crippen LogP contribution is 2.22. The Morgan fingerprint density at radius 1 is 1.40 bits per heavy atom. The molecule has 0 aliphatic carbocycles. The zero-order valence-corrected chi connectivity index (χ0v) is 11.9. The molecule has 0 aliphatic heterocycles. The number of hydrogen-bond donors (Lipinski definition) is 1. The maximum atomic E-state index is 9.52. The van der Waals surface area contributed by atoms with E-state index >= 15 is 0 Å². The fraction of sp³-hybridized carbons (Fsp3) is 0.357. The van der Waals surface area contributed by atoms with Crippen molar-refractivity contribution in [3.63, 3.8) is 0 Å². The standard InChI is InChI=1S/C14H15N3O2S/c1-2-20-12-5-3-10(4-6-12)14-16-13(19-17-14)9-11(18)7-8-15/h3-6,11,18H,2,7,9H2,1H3. The minimum atomic E-state index is -0.767. The second-order valence-corrected chi connectivity index (χ2v) is 5.53. The van der Waals surface area contributed by atoms with Crippen LogP contribution in [0.3, 0.4) is 0 Å². The van der Waals surface area contributed by atoms with E-state index < -0.39 is 6.10 Å². The molecule has 0 fully saturated rings. The summed E-state index contributed by atoms with van der Waals surface area (Å²) in [6.45, 7) is 2.11. The number of benzene rings is 1. The molecule has 0 amide bonds. The van der Waals surface area contributed by atoms with E-state index in [1.807, 2.05) is 30.3 Å². The van der Waals surface area contributed by atoms with Crippen LogP contribution in [-0.4, -0.2) is 27.1 Å². The molecule has 1 aromatic heterocycles. The van der Waals surface area contributed by atoms with Gasteiger partial charge in [-0.2, -0.15) is 10.2 Å². The SMILES string of the molecule is CCSc1ccc(-c2noc(CC(O)CC#N)n2)cc1. The van der Waals surface area contributed by atoms with Crippen molar-refractivity contribution >= 4 is 11.8 Å². The summed E-state index contributed by atoms with van der Waals surface area (Å²) in [5.74, 6) is 1.87. The van der Waals surface area contributed by atoms with Gasteiger partial charge in [-0.25, -0.2) is 0 Å². The molecule has 104 valence electrons. The van der Waals surface area contributed by atoms with E-state index in [0.717, 1.165) is 11.3 Å². The normalized spacial score (nSPS) is 12.1. The van der Waals surface area contributed by atoms with Gasteiger partial charge in [0.1, 0.15) is 0 Å². The van der Waals surface area contributed by atoms with Crippen LogP contribution in [0.1, 0.15) is 19.2 Å². The minimum absolute atomic E-state index is 0.0562. The van der Waals surface area contributed by atoms with Gasteiger partial charge in [0.05, 0.1) is 25.0 Å². The van der Waals surface area contributed by atoms with Crippen molar-refractivity contribution in [1.82, 2.24) is 10.1 Å². The summed E-state index contributed by atoms with van der Waals surface area (Å²) in [6.07, 6.45) is -0.512. The lowest BCUT2D eigenvalue weighted by Gasteiger charge is -2.00. The molecule has 1 aromatic carbocycles. The van der Waals surface area contributed by atoms with Crippen LogP contribution < -0.4 is 0 Å². The molecule has 1 atom stereocenters. The Hall–Kier alpha value is -1.84. The molecule has 2 rings (SSSR count). The van der Waals surface area contributed by atoms with Crippen LogP contribution >= 0.6 is 11.8 Å².